The number of thioether (sulfide) groups is 1. The van der Waals surface area contributed by atoms with Crippen molar-refractivity contribution in [3.05, 3.63) is 35.2 Å². The molecule has 0 aliphatic heterocycles. The third kappa shape index (κ3) is 1.76. The summed E-state index contributed by atoms with van der Waals surface area (Å²) in [5.41, 5.74) is 1.64. The van der Waals surface area contributed by atoms with Crippen LogP contribution in [0.15, 0.2) is 44.9 Å². The Balaban J connectivity index is 1.90. The molecule has 1 aromatic heterocycles. The summed E-state index contributed by atoms with van der Waals surface area (Å²) in [6, 6.07) is 7.65. The van der Waals surface area contributed by atoms with Gasteiger partial charge in [0.05, 0.1) is 0 Å². The van der Waals surface area contributed by atoms with Gasteiger partial charge in [-0.05, 0) is 41.3 Å². The number of nitrogens with zero attached hydrogens (tertiary/aromatic N) is 1. The molecule has 16 heavy (non-hydrogen) atoms. The zero-order valence-electron chi connectivity index (χ0n) is 8.47. The molecule has 0 fully saturated rings. The average molecular weight is 231 g/mol. The fourth-order valence-corrected chi connectivity index (χ4v) is 2.55. The van der Waals surface area contributed by atoms with Gasteiger partial charge >= 0.3 is 0 Å². The maximum Gasteiger partial charge on any atom is 0.261 e. The quantitative estimate of drug-likeness (QED) is 0.796. The minimum atomic E-state index is 0.193. The first-order chi connectivity index (χ1) is 7.81. The van der Waals surface area contributed by atoms with Gasteiger partial charge < -0.3 is 4.42 Å². The standard InChI is InChI=1S/C12H9NO2S/c14-8-5-6-9(7-8)16-12-13-10-3-1-2-4-11(10)15-12/h1-4,7H,5-6H2. The highest BCUT2D eigenvalue weighted by molar-refractivity contribution is 8.02. The van der Waals surface area contributed by atoms with Gasteiger partial charge in [-0.1, -0.05) is 12.1 Å². The van der Waals surface area contributed by atoms with Gasteiger partial charge in [-0.3, -0.25) is 4.79 Å². The van der Waals surface area contributed by atoms with Gasteiger partial charge in [0.1, 0.15) is 5.52 Å². The topological polar surface area (TPSA) is 43.1 Å². The van der Waals surface area contributed by atoms with Crippen LogP contribution in [0.1, 0.15) is 12.8 Å². The highest BCUT2D eigenvalue weighted by Crippen LogP contribution is 2.34. The maximum atomic E-state index is 11.1. The van der Waals surface area contributed by atoms with Crippen LogP contribution in [0.2, 0.25) is 0 Å². The van der Waals surface area contributed by atoms with Crippen LogP contribution in [0.5, 0.6) is 0 Å². The number of hydrogen-bond donors (Lipinski definition) is 0. The predicted molar refractivity (Wildman–Crippen MR) is 62.2 cm³/mol. The second-order valence-electron chi connectivity index (χ2n) is 3.63. The summed E-state index contributed by atoms with van der Waals surface area (Å²) >= 11 is 1.44. The van der Waals surface area contributed by atoms with Crippen molar-refractivity contribution < 1.29 is 9.21 Å². The molecule has 3 rings (SSSR count). The summed E-state index contributed by atoms with van der Waals surface area (Å²) < 4.78 is 5.56. The van der Waals surface area contributed by atoms with Crippen LogP contribution in [-0.4, -0.2) is 10.8 Å². The molecule has 1 aliphatic carbocycles. The van der Waals surface area contributed by atoms with Crippen LogP contribution < -0.4 is 0 Å². The Hall–Kier alpha value is -1.55. The molecule has 80 valence electrons. The molecule has 0 N–H and O–H groups in total. The van der Waals surface area contributed by atoms with Crippen molar-refractivity contribution in [2.24, 2.45) is 0 Å². The van der Waals surface area contributed by atoms with Crippen LogP contribution in [-0.2, 0) is 4.79 Å². The Labute approximate surface area is 96.5 Å². The number of rotatable bonds is 2. The molecule has 0 saturated heterocycles. The van der Waals surface area contributed by atoms with Crippen LogP contribution >= 0.6 is 11.8 Å². The second-order valence-corrected chi connectivity index (χ2v) is 4.70. The SMILES string of the molecule is O=C1C=C(Sc2nc3ccccc3o2)CC1. The monoisotopic (exact) mass is 231 g/mol. The third-order valence-corrected chi connectivity index (χ3v) is 3.37. The van der Waals surface area contributed by atoms with Gasteiger partial charge in [0, 0.05) is 6.42 Å². The van der Waals surface area contributed by atoms with Crippen LogP contribution in [0.4, 0.5) is 0 Å². The number of carbonyl (C=O) groups excluding carboxylic acids is 1. The van der Waals surface area contributed by atoms with E-state index in [-0.39, 0.29) is 5.78 Å². The first-order valence-electron chi connectivity index (χ1n) is 5.08. The number of allylic oxidation sites excluding steroid dienone is 2. The number of hydrogen-bond acceptors (Lipinski definition) is 4. The molecule has 0 saturated carbocycles. The fourth-order valence-electron chi connectivity index (χ4n) is 1.66. The van der Waals surface area contributed by atoms with Gasteiger partial charge in [0.2, 0.25) is 0 Å². The van der Waals surface area contributed by atoms with Gasteiger partial charge in [-0.2, -0.15) is 0 Å². The lowest BCUT2D eigenvalue weighted by molar-refractivity contribution is -0.114. The molecule has 0 bridgehead atoms. The first kappa shape index (κ1) is 9.66. The number of fused-ring (bicyclic) bond motifs is 1. The Kier molecular flexibility index (Phi) is 2.29. The summed E-state index contributed by atoms with van der Waals surface area (Å²) in [5.74, 6) is 0.193. The van der Waals surface area contributed by atoms with E-state index in [0.717, 1.165) is 22.4 Å². The molecule has 0 atom stereocenters. The smallest absolute Gasteiger partial charge is 0.261 e. The molecule has 0 radical (unpaired) electrons. The molecular formula is C12H9NO2S. The van der Waals surface area contributed by atoms with E-state index >= 15 is 0 Å². The maximum absolute atomic E-state index is 11.1. The largest absolute Gasteiger partial charge is 0.431 e. The van der Waals surface area contributed by atoms with Crippen molar-refractivity contribution in [2.75, 3.05) is 0 Å². The minimum absolute atomic E-state index is 0.193. The molecule has 0 unspecified atom stereocenters. The number of para-hydroxylation sites is 2. The normalized spacial score (nSPS) is 15.8. The lowest BCUT2D eigenvalue weighted by atomic mass is 10.3. The molecule has 1 heterocycles. The van der Waals surface area contributed by atoms with Crippen LogP contribution in [0.3, 0.4) is 0 Å². The molecule has 0 spiro atoms. The number of ketones is 1. The van der Waals surface area contributed by atoms with Crippen molar-refractivity contribution in [3.63, 3.8) is 0 Å². The first-order valence-corrected chi connectivity index (χ1v) is 5.90. The molecule has 2 aromatic rings. The van der Waals surface area contributed by atoms with E-state index < -0.39 is 0 Å². The molecule has 3 nitrogen and oxygen atoms in total. The summed E-state index contributed by atoms with van der Waals surface area (Å²) in [6.45, 7) is 0. The molecule has 4 heteroatoms. The van der Waals surface area contributed by atoms with E-state index in [4.69, 9.17) is 4.42 Å². The highest BCUT2D eigenvalue weighted by Gasteiger charge is 2.15. The van der Waals surface area contributed by atoms with Crippen LogP contribution in [0, 0.1) is 0 Å². The van der Waals surface area contributed by atoms with Crippen molar-refractivity contribution >= 4 is 28.6 Å². The fraction of sp³-hybridized carbons (Fsp3) is 0.167. The number of carbonyl (C=O) groups is 1. The number of benzene rings is 1. The summed E-state index contributed by atoms with van der Waals surface area (Å²) in [7, 11) is 0. The lowest BCUT2D eigenvalue weighted by Gasteiger charge is -1.93. The average Bonchev–Trinajstić information content (AvgIpc) is 2.84. The summed E-state index contributed by atoms with van der Waals surface area (Å²) in [6.07, 6.45) is 3.10. The van der Waals surface area contributed by atoms with E-state index in [1.54, 1.807) is 6.08 Å². The number of aromatic nitrogens is 1. The van der Waals surface area contributed by atoms with Crippen molar-refractivity contribution in [3.8, 4) is 0 Å². The summed E-state index contributed by atoms with van der Waals surface area (Å²) in [4.78, 5) is 16.5. The summed E-state index contributed by atoms with van der Waals surface area (Å²) in [5, 5.41) is 0.613. The van der Waals surface area contributed by atoms with E-state index in [0.29, 0.717) is 11.6 Å². The minimum Gasteiger partial charge on any atom is -0.431 e. The van der Waals surface area contributed by atoms with E-state index in [9.17, 15) is 4.79 Å². The van der Waals surface area contributed by atoms with Gasteiger partial charge in [0.15, 0.2) is 11.4 Å². The van der Waals surface area contributed by atoms with E-state index in [1.165, 1.54) is 11.8 Å². The van der Waals surface area contributed by atoms with Crippen molar-refractivity contribution in [1.82, 2.24) is 4.98 Å². The molecule has 0 amide bonds. The lowest BCUT2D eigenvalue weighted by Crippen LogP contribution is -1.80. The van der Waals surface area contributed by atoms with Crippen LogP contribution in [0.25, 0.3) is 11.1 Å². The predicted octanol–water partition coefficient (Wildman–Crippen LogP) is 3.17. The molecular weight excluding hydrogens is 222 g/mol. The van der Waals surface area contributed by atoms with Crippen molar-refractivity contribution in [1.29, 1.82) is 0 Å². The molecule has 1 aliphatic rings. The molecule has 1 aromatic carbocycles. The Morgan fingerprint density at radius 3 is 2.88 bits per heavy atom. The third-order valence-electron chi connectivity index (χ3n) is 2.43. The zero-order valence-corrected chi connectivity index (χ0v) is 9.29. The Bertz CT molecular complexity index is 552. The second kappa shape index (κ2) is 3.79. The highest BCUT2D eigenvalue weighted by atomic mass is 32.2. The zero-order chi connectivity index (χ0) is 11.0. The number of oxazole rings is 1. The van der Waals surface area contributed by atoms with Gasteiger partial charge in [-0.15, -0.1) is 0 Å². The Morgan fingerprint density at radius 1 is 1.25 bits per heavy atom. The van der Waals surface area contributed by atoms with Crippen molar-refractivity contribution in [2.45, 2.75) is 18.1 Å². The van der Waals surface area contributed by atoms with Gasteiger partial charge in [0.25, 0.3) is 5.22 Å². The Morgan fingerprint density at radius 2 is 2.12 bits per heavy atom. The van der Waals surface area contributed by atoms with E-state index in [2.05, 4.69) is 4.98 Å². The van der Waals surface area contributed by atoms with Gasteiger partial charge in [-0.25, -0.2) is 4.98 Å². The van der Waals surface area contributed by atoms with E-state index in [1.807, 2.05) is 24.3 Å².